The van der Waals surface area contributed by atoms with Gasteiger partial charge >= 0.3 is 0 Å². The van der Waals surface area contributed by atoms with Crippen LogP contribution < -0.4 is 5.73 Å². The van der Waals surface area contributed by atoms with Gasteiger partial charge in [0.15, 0.2) is 0 Å². The van der Waals surface area contributed by atoms with E-state index in [4.69, 9.17) is 22.3 Å². The first-order valence-corrected chi connectivity index (χ1v) is 10.3. The zero-order valence-electron chi connectivity index (χ0n) is 16.3. The highest BCUT2D eigenvalue weighted by molar-refractivity contribution is 6.25. The summed E-state index contributed by atoms with van der Waals surface area (Å²) in [6.07, 6.45) is 4.89. The fourth-order valence-corrected chi connectivity index (χ4v) is 3.59. The highest BCUT2D eigenvalue weighted by Gasteiger charge is 2.20. The summed E-state index contributed by atoms with van der Waals surface area (Å²) in [7, 11) is 0. The van der Waals surface area contributed by atoms with Crippen molar-refractivity contribution in [3.05, 3.63) is 107 Å². The molecule has 1 atom stereocenters. The summed E-state index contributed by atoms with van der Waals surface area (Å²) in [5.41, 5.74) is 14.3. The molecule has 29 heavy (non-hydrogen) atoms. The second-order valence-electron chi connectivity index (χ2n) is 7.02. The highest BCUT2D eigenvalue weighted by Crippen LogP contribution is 2.30. The van der Waals surface area contributed by atoms with Crippen LogP contribution in [0.4, 0.5) is 0 Å². The molecule has 0 radical (unpaired) electrons. The Labute approximate surface area is 177 Å². The van der Waals surface area contributed by atoms with E-state index in [9.17, 15) is 0 Å². The average Bonchev–Trinajstić information content (AvgIpc) is 2.79. The maximum Gasteiger partial charge on any atom is 0.124 e. The van der Waals surface area contributed by atoms with Crippen LogP contribution in [0.25, 0.3) is 22.9 Å². The summed E-state index contributed by atoms with van der Waals surface area (Å²) < 4.78 is 0. The number of hydrogen-bond acceptors (Lipinski definition) is 2. The van der Waals surface area contributed by atoms with Crippen LogP contribution in [0, 0.1) is 0 Å². The molecule has 0 amide bonds. The lowest BCUT2D eigenvalue weighted by atomic mass is 9.89. The van der Waals surface area contributed by atoms with Crippen molar-refractivity contribution in [1.29, 1.82) is 0 Å². The van der Waals surface area contributed by atoms with Crippen LogP contribution in [-0.4, -0.2) is 11.2 Å². The molecule has 0 bridgehead atoms. The van der Waals surface area contributed by atoms with E-state index in [2.05, 4.69) is 42.5 Å². The Balaban J connectivity index is 1.84. The number of fused-ring (bicyclic) bond motifs is 1. The van der Waals surface area contributed by atoms with Crippen LogP contribution in [0.2, 0.25) is 0 Å². The van der Waals surface area contributed by atoms with E-state index < -0.39 is 0 Å². The molecule has 3 aromatic carbocycles. The first kappa shape index (κ1) is 19.2. The van der Waals surface area contributed by atoms with Crippen molar-refractivity contribution in [2.45, 2.75) is 18.8 Å². The van der Waals surface area contributed by atoms with E-state index >= 15 is 0 Å². The van der Waals surface area contributed by atoms with Crippen molar-refractivity contribution in [2.75, 3.05) is 0 Å². The topological polar surface area (TPSA) is 38.4 Å². The van der Waals surface area contributed by atoms with E-state index in [0.717, 1.165) is 45.5 Å². The third-order valence-electron chi connectivity index (χ3n) is 5.08. The first-order valence-electron chi connectivity index (χ1n) is 9.82. The molecule has 2 N–H and O–H groups in total. The van der Waals surface area contributed by atoms with E-state index in [1.165, 1.54) is 0 Å². The fourth-order valence-electron chi connectivity index (χ4n) is 3.50. The summed E-state index contributed by atoms with van der Waals surface area (Å²) in [6, 6.07) is 26.8. The van der Waals surface area contributed by atoms with E-state index in [-0.39, 0.29) is 5.50 Å². The zero-order valence-corrected chi connectivity index (χ0v) is 17.1. The molecule has 3 aromatic rings. The maximum absolute atomic E-state index is 6.69. The van der Waals surface area contributed by atoms with Crippen LogP contribution >= 0.6 is 11.6 Å². The fraction of sp³-hybridized carbons (Fsp3) is 0.115. The third-order valence-corrected chi connectivity index (χ3v) is 5.48. The van der Waals surface area contributed by atoms with Crippen molar-refractivity contribution in [2.24, 2.45) is 10.7 Å². The van der Waals surface area contributed by atoms with Gasteiger partial charge in [-0.05, 0) is 34.7 Å². The molecular weight excluding hydrogens is 376 g/mol. The summed E-state index contributed by atoms with van der Waals surface area (Å²) >= 11 is 6.41. The van der Waals surface area contributed by atoms with Crippen LogP contribution in [0.15, 0.2) is 95.5 Å². The highest BCUT2D eigenvalue weighted by atomic mass is 35.5. The minimum Gasteiger partial charge on any atom is -0.398 e. The van der Waals surface area contributed by atoms with Crippen molar-refractivity contribution >= 4 is 29.1 Å². The van der Waals surface area contributed by atoms with Gasteiger partial charge in [0.1, 0.15) is 5.50 Å². The molecule has 0 aliphatic heterocycles. The van der Waals surface area contributed by atoms with Gasteiger partial charge in [-0.25, -0.2) is 0 Å². The number of nitrogens with zero attached hydrogens (tertiary/aromatic N) is 1. The Bertz CT molecular complexity index is 1110. The minimum atomic E-state index is -0.289. The third kappa shape index (κ3) is 4.03. The van der Waals surface area contributed by atoms with Gasteiger partial charge in [0.05, 0.1) is 5.71 Å². The number of rotatable bonds is 4. The molecule has 0 saturated heterocycles. The molecule has 1 unspecified atom stereocenters. The molecular formula is C26H23ClN2. The van der Waals surface area contributed by atoms with E-state index in [0.29, 0.717) is 5.70 Å². The molecule has 1 aliphatic carbocycles. The van der Waals surface area contributed by atoms with Gasteiger partial charge in [0.2, 0.25) is 0 Å². The average molecular weight is 399 g/mol. The number of nitrogens with two attached hydrogens (primary N) is 1. The van der Waals surface area contributed by atoms with Gasteiger partial charge in [-0.3, -0.25) is 4.99 Å². The van der Waals surface area contributed by atoms with Gasteiger partial charge in [0, 0.05) is 16.8 Å². The van der Waals surface area contributed by atoms with Gasteiger partial charge in [-0.2, -0.15) is 0 Å². The van der Waals surface area contributed by atoms with Crippen molar-refractivity contribution in [1.82, 2.24) is 0 Å². The predicted molar refractivity (Wildman–Crippen MR) is 125 cm³/mol. The lowest BCUT2D eigenvalue weighted by Crippen LogP contribution is -2.16. The summed E-state index contributed by atoms with van der Waals surface area (Å²) in [5, 5.41) is 0. The lowest BCUT2D eigenvalue weighted by molar-refractivity contribution is 0.859. The summed E-state index contributed by atoms with van der Waals surface area (Å²) in [6.45, 7) is 2.03. The summed E-state index contributed by atoms with van der Waals surface area (Å²) in [5.74, 6) is 0. The Hall–Kier alpha value is -3.10. The van der Waals surface area contributed by atoms with E-state index in [1.807, 2.05) is 55.5 Å². The van der Waals surface area contributed by atoms with Crippen LogP contribution in [0.3, 0.4) is 0 Å². The smallest absolute Gasteiger partial charge is 0.124 e. The SMILES string of the molecule is CCC(Cl)/N=C1\C(=C(/N)c2cccc(-c3ccccc3)c2)C=Cc2ccccc21. The Morgan fingerprint density at radius 1 is 0.897 bits per heavy atom. The normalized spacial score (nSPS) is 17.1. The number of aliphatic imine (C=N–C) groups is 1. The predicted octanol–water partition coefficient (Wildman–Crippen LogP) is 6.51. The first-order chi connectivity index (χ1) is 14.2. The van der Waals surface area contributed by atoms with Crippen LogP contribution in [0.5, 0.6) is 0 Å². The van der Waals surface area contributed by atoms with Crippen molar-refractivity contribution in [3.8, 4) is 11.1 Å². The molecule has 144 valence electrons. The lowest BCUT2D eigenvalue weighted by Gasteiger charge is -2.20. The number of halogens is 1. The largest absolute Gasteiger partial charge is 0.398 e. The van der Waals surface area contributed by atoms with Gasteiger partial charge in [0.25, 0.3) is 0 Å². The Kier molecular flexibility index (Phi) is 5.64. The minimum absolute atomic E-state index is 0.289. The molecule has 3 heteroatoms. The molecule has 0 saturated carbocycles. The zero-order chi connectivity index (χ0) is 20.2. The molecule has 0 spiro atoms. The second kappa shape index (κ2) is 8.50. The van der Waals surface area contributed by atoms with E-state index in [1.54, 1.807) is 0 Å². The standard InChI is InChI=1S/C26H23ClN2/c1-2-24(27)29-26-22-14-7-6-11-19(22)15-16-23(26)25(28)21-13-8-12-20(17-21)18-9-4-3-5-10-18/h3-17,24H,2,28H2,1H3/b25-23-,29-26-. The van der Waals surface area contributed by atoms with Crippen LogP contribution in [-0.2, 0) is 0 Å². The molecule has 4 rings (SSSR count). The Morgan fingerprint density at radius 2 is 1.62 bits per heavy atom. The van der Waals surface area contributed by atoms with Crippen molar-refractivity contribution in [3.63, 3.8) is 0 Å². The Morgan fingerprint density at radius 3 is 2.41 bits per heavy atom. The maximum atomic E-state index is 6.69. The molecule has 0 heterocycles. The monoisotopic (exact) mass is 398 g/mol. The van der Waals surface area contributed by atoms with Crippen LogP contribution in [0.1, 0.15) is 30.0 Å². The molecule has 2 nitrogen and oxygen atoms in total. The van der Waals surface area contributed by atoms with Gasteiger partial charge in [-0.15, -0.1) is 0 Å². The molecule has 0 aromatic heterocycles. The van der Waals surface area contributed by atoms with Gasteiger partial charge < -0.3 is 5.73 Å². The second-order valence-corrected chi connectivity index (χ2v) is 7.52. The van der Waals surface area contributed by atoms with Crippen molar-refractivity contribution < 1.29 is 0 Å². The van der Waals surface area contributed by atoms with Gasteiger partial charge in [-0.1, -0.05) is 103 Å². The molecule has 0 fully saturated rings. The molecule has 1 aliphatic rings. The summed E-state index contributed by atoms with van der Waals surface area (Å²) in [4.78, 5) is 4.80. The quantitative estimate of drug-likeness (QED) is 0.394. The number of alkyl halides is 1. The number of hydrogen-bond donors (Lipinski definition) is 1. The number of allylic oxidation sites excluding steroid dienone is 2. The number of benzene rings is 3.